The molecule has 1 unspecified atom stereocenters. The first-order chi connectivity index (χ1) is 28.3. The lowest BCUT2D eigenvalue weighted by atomic mass is 9.62. The maximum atomic E-state index is 5.34. The molecule has 266 valence electrons. The minimum Gasteiger partial charge on any atom is -0.292 e. The van der Waals surface area contributed by atoms with E-state index in [1.807, 2.05) is 11.8 Å². The van der Waals surface area contributed by atoms with Crippen molar-refractivity contribution in [3.05, 3.63) is 229 Å². The molecule has 1 spiro atoms. The van der Waals surface area contributed by atoms with Crippen LogP contribution in [-0.4, -0.2) is 9.55 Å². The summed E-state index contributed by atoms with van der Waals surface area (Å²) in [7, 11) is 0. The van der Waals surface area contributed by atoms with Crippen molar-refractivity contribution in [1.29, 1.82) is 0 Å². The van der Waals surface area contributed by atoms with E-state index < -0.39 is 5.41 Å². The SMILES string of the molecule is c1ccc(-c2nc3cc(-c4ccc5c(c4)C4(c6ccccc6Sc6c4ccc4ccccc64)c4ccccc4-c4ccccc4-5)ccc3n2-c2ccccc2)cc1. The molecule has 0 bridgehead atoms. The number of nitrogens with zero attached hydrogens (tertiary/aromatic N) is 2. The van der Waals surface area contributed by atoms with Gasteiger partial charge in [-0.3, -0.25) is 4.57 Å². The van der Waals surface area contributed by atoms with Crippen molar-refractivity contribution >= 4 is 33.6 Å². The number of fused-ring (bicyclic) bond motifs is 14. The molecule has 1 atom stereocenters. The molecule has 2 heterocycles. The van der Waals surface area contributed by atoms with Crippen LogP contribution in [0.5, 0.6) is 0 Å². The predicted octanol–water partition coefficient (Wildman–Crippen LogP) is 14.0. The molecule has 0 fully saturated rings. The molecule has 9 aromatic carbocycles. The molecule has 57 heavy (non-hydrogen) atoms. The van der Waals surface area contributed by atoms with Crippen LogP contribution in [-0.2, 0) is 5.41 Å². The molecule has 1 aliphatic carbocycles. The third-order valence-corrected chi connectivity index (χ3v) is 13.3. The van der Waals surface area contributed by atoms with Gasteiger partial charge in [0.05, 0.1) is 16.4 Å². The average Bonchev–Trinajstić information content (AvgIpc) is 3.63. The van der Waals surface area contributed by atoms with Gasteiger partial charge in [-0.25, -0.2) is 4.98 Å². The van der Waals surface area contributed by atoms with Gasteiger partial charge in [-0.1, -0.05) is 182 Å². The molecule has 0 saturated carbocycles. The Morgan fingerprint density at radius 2 is 1.05 bits per heavy atom. The van der Waals surface area contributed by atoms with E-state index in [9.17, 15) is 0 Å². The zero-order valence-corrected chi connectivity index (χ0v) is 31.7. The summed E-state index contributed by atoms with van der Waals surface area (Å²) in [5.74, 6) is 0.934. The Hall–Kier alpha value is -6.94. The molecule has 12 rings (SSSR count). The second-order valence-electron chi connectivity index (χ2n) is 15.0. The van der Waals surface area contributed by atoms with E-state index in [2.05, 4.69) is 211 Å². The standard InChI is InChI=1S/C54H34N2S/c1-3-16-36(17-4-1)53-55-49-34-38(29-32-50(49)56(53)39-18-5-2-6-19-39)37-27-30-44-42-22-10-9-21-41(42)43-23-11-12-24-45(43)54(48(44)33-37)46-25-13-14-26-51(46)57-52-40-20-8-7-15-35(40)28-31-47(52)54/h1-34H. The quantitative estimate of drug-likeness (QED) is 0.179. The van der Waals surface area contributed by atoms with Crippen LogP contribution in [0, 0.1) is 0 Å². The minimum atomic E-state index is -0.596. The highest BCUT2D eigenvalue weighted by Crippen LogP contribution is 2.62. The van der Waals surface area contributed by atoms with Gasteiger partial charge in [0, 0.05) is 21.0 Å². The van der Waals surface area contributed by atoms with Crippen molar-refractivity contribution in [1.82, 2.24) is 9.55 Å². The van der Waals surface area contributed by atoms with Gasteiger partial charge in [-0.15, -0.1) is 0 Å². The molecule has 0 radical (unpaired) electrons. The smallest absolute Gasteiger partial charge is 0.145 e. The first-order valence-corrected chi connectivity index (χ1v) is 20.4. The van der Waals surface area contributed by atoms with Crippen LogP contribution in [0.1, 0.15) is 22.3 Å². The summed E-state index contributed by atoms with van der Waals surface area (Å²) in [5.41, 5.74) is 16.2. The Balaban J connectivity index is 1.17. The van der Waals surface area contributed by atoms with E-state index in [0.717, 1.165) is 33.7 Å². The van der Waals surface area contributed by atoms with Crippen molar-refractivity contribution in [2.24, 2.45) is 0 Å². The molecular formula is C54H34N2S. The zero-order valence-electron chi connectivity index (χ0n) is 30.9. The lowest BCUT2D eigenvalue weighted by Crippen LogP contribution is -2.34. The Morgan fingerprint density at radius 3 is 1.88 bits per heavy atom. The second-order valence-corrected chi connectivity index (χ2v) is 16.1. The Labute approximate surface area is 335 Å². The summed E-state index contributed by atoms with van der Waals surface area (Å²) < 4.78 is 2.28. The Morgan fingerprint density at radius 1 is 0.421 bits per heavy atom. The highest BCUT2D eigenvalue weighted by atomic mass is 32.2. The number of hydrogen-bond acceptors (Lipinski definition) is 2. The summed E-state index contributed by atoms with van der Waals surface area (Å²) in [4.78, 5) is 7.96. The molecule has 0 N–H and O–H groups in total. The first-order valence-electron chi connectivity index (χ1n) is 19.5. The summed E-state index contributed by atoms with van der Waals surface area (Å²) in [6, 6.07) is 75.9. The molecule has 2 nitrogen and oxygen atoms in total. The van der Waals surface area contributed by atoms with E-state index >= 15 is 0 Å². The number of aromatic nitrogens is 2. The first kappa shape index (κ1) is 32.3. The molecule has 2 aliphatic rings. The van der Waals surface area contributed by atoms with Crippen molar-refractivity contribution < 1.29 is 0 Å². The van der Waals surface area contributed by atoms with Crippen LogP contribution in [0.15, 0.2) is 216 Å². The lowest BCUT2D eigenvalue weighted by molar-refractivity contribution is 0.711. The number of benzene rings is 9. The second kappa shape index (κ2) is 12.5. The van der Waals surface area contributed by atoms with Crippen molar-refractivity contribution in [2.45, 2.75) is 15.2 Å². The Kier molecular flexibility index (Phi) is 7.11. The van der Waals surface area contributed by atoms with Crippen LogP contribution < -0.4 is 0 Å². The largest absolute Gasteiger partial charge is 0.292 e. The molecule has 3 heteroatoms. The molecule has 1 aromatic heterocycles. The van der Waals surface area contributed by atoms with Crippen molar-refractivity contribution in [2.75, 3.05) is 0 Å². The van der Waals surface area contributed by atoms with Gasteiger partial charge in [0.1, 0.15) is 5.82 Å². The fraction of sp³-hybridized carbons (Fsp3) is 0.0185. The topological polar surface area (TPSA) is 17.8 Å². The molecule has 1 aliphatic heterocycles. The maximum Gasteiger partial charge on any atom is 0.145 e. The molecule has 0 amide bonds. The third-order valence-electron chi connectivity index (χ3n) is 12.1. The summed E-state index contributed by atoms with van der Waals surface area (Å²) in [6.07, 6.45) is 0. The van der Waals surface area contributed by atoms with Gasteiger partial charge >= 0.3 is 0 Å². The van der Waals surface area contributed by atoms with E-state index in [0.29, 0.717) is 0 Å². The van der Waals surface area contributed by atoms with Gasteiger partial charge in [0.25, 0.3) is 0 Å². The third kappa shape index (κ3) is 4.70. The average molecular weight is 743 g/mol. The monoisotopic (exact) mass is 742 g/mol. The van der Waals surface area contributed by atoms with Crippen molar-refractivity contribution in [3.8, 4) is 50.5 Å². The van der Waals surface area contributed by atoms with Crippen LogP contribution >= 0.6 is 11.8 Å². The van der Waals surface area contributed by atoms with Crippen molar-refractivity contribution in [3.63, 3.8) is 0 Å². The number of imidazole rings is 1. The van der Waals surface area contributed by atoms with Crippen LogP contribution in [0.4, 0.5) is 0 Å². The number of hydrogen-bond donors (Lipinski definition) is 0. The highest BCUT2D eigenvalue weighted by Gasteiger charge is 2.48. The minimum absolute atomic E-state index is 0.596. The summed E-state index contributed by atoms with van der Waals surface area (Å²) in [6.45, 7) is 0. The van der Waals surface area contributed by atoms with E-state index in [1.165, 1.54) is 70.6 Å². The fourth-order valence-corrected chi connectivity index (χ4v) is 11.0. The normalized spacial score (nSPS) is 15.0. The van der Waals surface area contributed by atoms with Gasteiger partial charge in [0.2, 0.25) is 0 Å². The van der Waals surface area contributed by atoms with Crippen LogP contribution in [0.2, 0.25) is 0 Å². The number of para-hydroxylation sites is 1. The van der Waals surface area contributed by atoms with Crippen LogP contribution in [0.25, 0.3) is 72.3 Å². The highest BCUT2D eigenvalue weighted by molar-refractivity contribution is 7.99. The van der Waals surface area contributed by atoms with E-state index in [-0.39, 0.29) is 0 Å². The summed E-state index contributed by atoms with van der Waals surface area (Å²) in [5, 5.41) is 2.55. The molecular weight excluding hydrogens is 709 g/mol. The number of rotatable bonds is 3. The maximum absolute atomic E-state index is 5.34. The van der Waals surface area contributed by atoms with Crippen LogP contribution in [0.3, 0.4) is 0 Å². The molecule has 0 saturated heterocycles. The lowest BCUT2D eigenvalue weighted by Gasteiger charge is -2.43. The fourth-order valence-electron chi connectivity index (χ4n) is 9.64. The van der Waals surface area contributed by atoms with Gasteiger partial charge in [0.15, 0.2) is 0 Å². The summed E-state index contributed by atoms with van der Waals surface area (Å²) >= 11 is 1.91. The zero-order chi connectivity index (χ0) is 37.5. The van der Waals surface area contributed by atoms with Gasteiger partial charge < -0.3 is 0 Å². The molecule has 10 aromatic rings. The predicted molar refractivity (Wildman–Crippen MR) is 236 cm³/mol. The van der Waals surface area contributed by atoms with E-state index in [1.54, 1.807) is 0 Å². The van der Waals surface area contributed by atoms with E-state index in [4.69, 9.17) is 4.98 Å². The Bertz CT molecular complexity index is 3220. The van der Waals surface area contributed by atoms with Gasteiger partial charge in [-0.2, -0.15) is 0 Å². The van der Waals surface area contributed by atoms with Gasteiger partial charge in [-0.05, 0) is 103 Å².